The highest BCUT2D eigenvalue weighted by atomic mass is 35.5. The summed E-state index contributed by atoms with van der Waals surface area (Å²) in [5.41, 5.74) is -4.83. The number of Topliss-reactive ketones (excluding diaryl/α,β-unsaturated/α-hetero) is 1. The number of nitrogens with zero attached hydrogens (tertiary/aromatic N) is 11. The van der Waals surface area contributed by atoms with Crippen LogP contribution >= 0.6 is 41.9 Å². The normalized spacial score (nSPS) is 18.6. The van der Waals surface area contributed by atoms with Crippen molar-refractivity contribution in [2.24, 2.45) is 0 Å². The van der Waals surface area contributed by atoms with Gasteiger partial charge in [0.15, 0.2) is 63.0 Å². The van der Waals surface area contributed by atoms with Gasteiger partial charge in [-0.25, -0.2) is 90.5 Å². The molecule has 149 heavy (non-hydrogen) atoms. The summed E-state index contributed by atoms with van der Waals surface area (Å²) in [6, 6.07) is 39.3. The Morgan fingerprint density at radius 2 is 1.01 bits per heavy atom. The third-order valence-electron chi connectivity index (χ3n) is 23.9. The molecule has 0 aliphatic carbocycles. The van der Waals surface area contributed by atoms with Crippen molar-refractivity contribution in [3.05, 3.63) is 359 Å². The number of aromatic hydroxyl groups is 1. The van der Waals surface area contributed by atoms with E-state index in [1.54, 1.807) is 53.2 Å². The largest absolute Gasteiger partial charge is 0.504 e. The molecule has 800 valence electrons. The number of alkyl halides is 3. The number of aldehydes is 1. The first-order chi connectivity index (χ1) is 70.3. The summed E-state index contributed by atoms with van der Waals surface area (Å²) in [6.07, 6.45) is 8.88. The summed E-state index contributed by atoms with van der Waals surface area (Å²) in [4.78, 5) is 35.7. The zero-order chi connectivity index (χ0) is 110. The number of carbonyl (C=O) groups excluding carboxylic acids is 2. The van der Waals surface area contributed by atoms with Gasteiger partial charge in [-0.3, -0.25) is 14.5 Å². The number of ether oxygens (including phenoxy) is 3. The van der Waals surface area contributed by atoms with Gasteiger partial charge in [0.05, 0.1) is 67.8 Å². The van der Waals surface area contributed by atoms with Crippen LogP contribution in [0, 0.1) is 92.8 Å². The van der Waals surface area contributed by atoms with Gasteiger partial charge < -0.3 is 58.5 Å². The Morgan fingerprint density at radius 1 is 0.584 bits per heavy atom. The Balaban J connectivity index is 0.000000194. The lowest BCUT2D eigenvalue weighted by atomic mass is 9.84. The molecule has 0 saturated carbocycles. The van der Waals surface area contributed by atoms with Crippen LogP contribution in [-0.4, -0.2) is 197 Å². The molecule has 45 heteroatoms. The number of aliphatic hydroxyl groups excluding tert-OH is 2. The Bertz CT molecular complexity index is 6470. The third-order valence-corrected chi connectivity index (χ3v) is 30.0. The van der Waals surface area contributed by atoms with E-state index in [9.17, 15) is 106 Å². The van der Waals surface area contributed by atoms with E-state index in [0.29, 0.717) is 53.3 Å². The van der Waals surface area contributed by atoms with Crippen molar-refractivity contribution in [2.45, 2.75) is 176 Å². The number of likely N-dealkylation sites (tertiary alicyclic amines) is 1. The number of nitriles is 1. The molecule has 11 atom stereocenters. The molecule has 16 rings (SSSR count). The van der Waals surface area contributed by atoms with Crippen molar-refractivity contribution >= 4 is 81.3 Å². The van der Waals surface area contributed by atoms with E-state index in [2.05, 4.69) is 53.6 Å². The van der Waals surface area contributed by atoms with Crippen LogP contribution in [0.4, 0.5) is 61.5 Å². The van der Waals surface area contributed by atoms with Crippen molar-refractivity contribution in [1.29, 1.82) is 5.26 Å². The maximum absolute atomic E-state index is 14.5. The van der Waals surface area contributed by atoms with Gasteiger partial charge in [0.2, 0.25) is 0 Å². The van der Waals surface area contributed by atoms with Gasteiger partial charge in [0.1, 0.15) is 150 Å². The van der Waals surface area contributed by atoms with Crippen molar-refractivity contribution in [2.75, 3.05) is 56.6 Å². The fourth-order valence-corrected chi connectivity index (χ4v) is 22.4. The summed E-state index contributed by atoms with van der Waals surface area (Å²) in [5.74, 6) is -13.5. The first kappa shape index (κ1) is 121. The van der Waals surface area contributed by atoms with E-state index in [1.165, 1.54) is 109 Å². The SMILES string of the molecule is C=C1CCN([C@H](C)[C@](O)(Cn2cncn2)c2ccc(F)cc2F)CC1.C=C1CCNCC1.C[C@H](O)[C@@](O)(Cn1cncn1)c1ccc(F)cc1F.C[C@H]1O[C@]1(Cn1cncn1)c1ccc(F)cc1F.C[Si](C)(C)O[C@](C#N)(CCl)c1ccc(F)cc1F.C[Si](C)(C)O[C@](C=O)(CCl)c1ccc(F)cc1F.O=C(CCl)c1ccc(F)cc1F.O=P(C[C@H]1OCCC(Oc2cc(F)c(F)cc2O)[C@@H]1O)(c1ccccc1)c1ccccc1. The smallest absolute Gasteiger partial charge is 0.186 e. The van der Waals surface area contributed by atoms with Crippen LogP contribution in [0.25, 0.3) is 0 Å². The molecule has 4 aliphatic heterocycles. The number of ketones is 1. The number of rotatable bonds is 29. The second-order valence-corrected chi connectivity index (χ2v) is 49.6. The Hall–Kier alpha value is -11.5. The van der Waals surface area contributed by atoms with E-state index in [-0.39, 0.29) is 89.6 Å². The number of hydrogen-bond acceptors (Lipinski definition) is 22. The van der Waals surface area contributed by atoms with Crippen LogP contribution in [0.1, 0.15) is 91.1 Å². The Labute approximate surface area is 869 Å². The van der Waals surface area contributed by atoms with E-state index in [1.807, 2.05) is 71.3 Å². The van der Waals surface area contributed by atoms with E-state index in [4.69, 9.17) is 57.9 Å². The summed E-state index contributed by atoms with van der Waals surface area (Å²) in [7, 11) is -7.41. The molecule has 3 aromatic heterocycles. The van der Waals surface area contributed by atoms with Crippen molar-refractivity contribution < 1.29 is 124 Å². The second kappa shape index (κ2) is 54.4. The predicted octanol–water partition coefficient (Wildman–Crippen LogP) is 19.3. The summed E-state index contributed by atoms with van der Waals surface area (Å²) in [6.45, 7) is 28.2. The van der Waals surface area contributed by atoms with Crippen LogP contribution in [0.5, 0.6) is 11.5 Å². The predicted molar refractivity (Wildman–Crippen MR) is 538 cm³/mol. The Kier molecular flexibility index (Phi) is 44.2. The van der Waals surface area contributed by atoms with Crippen LogP contribution in [0.15, 0.2) is 244 Å². The van der Waals surface area contributed by atoms with Gasteiger partial charge in [-0.05, 0) is 153 Å². The third kappa shape index (κ3) is 33.2. The molecule has 4 fully saturated rings. The monoisotopic (exact) mass is 2200 g/mol. The zero-order valence-electron chi connectivity index (χ0n) is 82.6. The molecule has 6 N–H and O–H groups in total. The molecule has 25 nitrogen and oxygen atoms in total. The quantitative estimate of drug-likeness (QED) is 0.00371. The summed E-state index contributed by atoms with van der Waals surface area (Å²) >= 11 is 16.8. The minimum Gasteiger partial charge on any atom is -0.504 e. The number of phenols is 1. The first-order valence-corrected chi connectivity index (χ1v) is 56.8. The molecule has 0 amide bonds. The fraction of sp³-hybridized carbons (Fsp3) is 0.356. The van der Waals surface area contributed by atoms with E-state index < -0.39 is 175 Å². The lowest BCUT2D eigenvalue weighted by Gasteiger charge is -2.43. The Morgan fingerprint density at radius 3 is 1.42 bits per heavy atom. The molecule has 9 aromatic carbocycles. The van der Waals surface area contributed by atoms with Crippen molar-refractivity contribution in [1.82, 2.24) is 54.5 Å². The van der Waals surface area contributed by atoms with Crippen LogP contribution in [0.3, 0.4) is 0 Å². The summed E-state index contributed by atoms with van der Waals surface area (Å²) in [5, 5.41) is 78.2. The molecule has 4 saturated heterocycles. The maximum atomic E-state index is 14.5. The number of halogens is 17. The van der Waals surface area contributed by atoms with Crippen LogP contribution in [0.2, 0.25) is 39.3 Å². The van der Waals surface area contributed by atoms with Gasteiger partial charge in [0.25, 0.3) is 0 Å². The average molecular weight is 2200 g/mol. The lowest BCUT2D eigenvalue weighted by molar-refractivity contribution is -0.121. The molecule has 4 aliphatic rings. The topological polar surface area (TPSA) is 333 Å². The number of aromatic nitrogens is 9. The number of carbonyl (C=O) groups is 2. The molecule has 1 unspecified atom stereocenters. The number of epoxide rings is 1. The van der Waals surface area contributed by atoms with E-state index in [0.717, 1.165) is 106 Å². The van der Waals surface area contributed by atoms with Crippen LogP contribution in [-0.2, 0) is 75.3 Å². The molecular formula is C104H114Cl3F14N12O13PSi2. The highest BCUT2D eigenvalue weighted by Crippen LogP contribution is 2.50. The molecule has 12 aromatic rings. The highest BCUT2D eigenvalue weighted by Gasteiger charge is 2.57. The highest BCUT2D eigenvalue weighted by molar-refractivity contribution is 7.78. The molecule has 0 bridgehead atoms. The van der Waals surface area contributed by atoms with E-state index >= 15 is 0 Å². The standard InChI is InChI=1S/C24H23F2O5P.C18H22F2N4O.C12H14ClF2NOSi.C12H15ClF2O2Si.C12H13F2N3O2.C12H11F2N3O.C8H5ClF2O.C6H11N/c25-18-13-20(27)22(14-19(18)26)31-21-11-12-30-23(24(21)28)15-32(29,16-7-3-1-4-8-16)17-9-5-2-6-10-17;1-13-5-7-23(8-6-13)14(2)18(25,10-24-12-21-11-22-24)16-4-3-15(19)9-17(16)20;2*1-18(2,3)17-12(7-13,8-16)10-5-4-9(14)6-11(10)15;1-8(18)12(19,5-17-7-15-6-16-17)10-3-2-9(13)4-11(10)14;1-8-12(18-8,5-17-7-15-6-16-17)10-3-2-9(13)4-11(10)14;9-4-8(12)6-2-1-5(10)3-7(6)11;1-6-2-4-7-5-3-6/h1-10,13-14,21,23-24,27-28H,11-12,15H2;3-4,9,11-12,14,25H,1,5-8,10H2,2H3;4-6H,7H2,1-3H3;4-6,8H,7H2,1-3H3;2-4,6-8,18-19H,5H2,1H3;2-4,6-8H,5H2,1H3;1-3H,4H2;7H,1-5H2/t21?,23-,24+;14-,18-;2*12-;8-,12-;8-,12+;;/m110001../s1. The number of benzene rings is 9. The molecule has 0 spiro atoms. The van der Waals surface area contributed by atoms with Crippen molar-refractivity contribution in [3.63, 3.8) is 0 Å². The minimum atomic E-state index is -3.16. The van der Waals surface area contributed by atoms with Crippen LogP contribution < -0.4 is 20.7 Å². The van der Waals surface area contributed by atoms with Gasteiger partial charge in [-0.15, -0.1) is 34.8 Å². The molecule has 0 radical (unpaired) electrons. The minimum absolute atomic E-state index is 0.0220. The summed E-state index contributed by atoms with van der Waals surface area (Å²) < 4.78 is 233. The number of nitrogens with one attached hydrogen (secondary N) is 1. The number of phenolic OH excluding ortho intramolecular Hbond substituents is 1. The zero-order valence-corrected chi connectivity index (χ0v) is 87.7. The number of piperidine rings is 2. The van der Waals surface area contributed by atoms with Gasteiger partial charge >= 0.3 is 0 Å². The van der Waals surface area contributed by atoms with Crippen molar-refractivity contribution in [3.8, 4) is 17.6 Å². The molecule has 7 heterocycles. The van der Waals surface area contributed by atoms with Gasteiger partial charge in [-0.2, -0.15) is 20.6 Å². The maximum Gasteiger partial charge on any atom is 0.186 e. The number of aliphatic hydroxyl groups is 4. The van der Waals surface area contributed by atoms with Gasteiger partial charge in [0, 0.05) is 119 Å². The average Bonchev–Trinajstić information content (AvgIpc) is 1.57. The first-order valence-electron chi connectivity index (χ1n) is 46.5. The van der Waals surface area contributed by atoms with Gasteiger partial charge in [-0.1, -0.05) is 103 Å². The lowest BCUT2D eigenvalue weighted by Crippen LogP contribution is -2.53. The fourth-order valence-electron chi connectivity index (χ4n) is 16.1. The second-order valence-electron chi connectivity index (χ2n) is 37.0. The number of hydrogen-bond donors (Lipinski definition) is 6. The molecular weight excluding hydrogens is 2080 g/mol.